The summed E-state index contributed by atoms with van der Waals surface area (Å²) in [4.78, 5) is 6.77. The highest BCUT2D eigenvalue weighted by atomic mass is 32.2. The number of rotatable bonds is 5. The Morgan fingerprint density at radius 3 is 2.86 bits per heavy atom. The zero-order valence-electron chi connectivity index (χ0n) is 11.2. The van der Waals surface area contributed by atoms with Crippen LogP contribution in [0.2, 0.25) is 0 Å². The van der Waals surface area contributed by atoms with Gasteiger partial charge in [0.05, 0.1) is 24.4 Å². The van der Waals surface area contributed by atoms with E-state index in [0.717, 1.165) is 0 Å². The van der Waals surface area contributed by atoms with Gasteiger partial charge in [-0.15, -0.1) is 0 Å². The summed E-state index contributed by atoms with van der Waals surface area (Å²) in [5.41, 5.74) is 1.07. The lowest BCUT2D eigenvalue weighted by atomic mass is 10.2. The SMILES string of the molecule is O=S(=O)(NCc1cnc[nH]1)c1ccccc1C#CCCO. The van der Waals surface area contributed by atoms with Crippen LogP contribution in [0, 0.1) is 11.8 Å². The summed E-state index contributed by atoms with van der Waals surface area (Å²) in [5.74, 6) is 5.49. The van der Waals surface area contributed by atoms with Gasteiger partial charge in [-0.3, -0.25) is 0 Å². The molecule has 0 radical (unpaired) electrons. The molecular formula is C14H15N3O3S. The van der Waals surface area contributed by atoms with Gasteiger partial charge in [-0.05, 0) is 12.1 Å². The van der Waals surface area contributed by atoms with Crippen molar-refractivity contribution in [1.29, 1.82) is 0 Å². The third kappa shape index (κ3) is 4.16. The fourth-order valence-corrected chi connectivity index (χ4v) is 2.82. The van der Waals surface area contributed by atoms with Crippen molar-refractivity contribution in [2.24, 2.45) is 0 Å². The Morgan fingerprint density at radius 1 is 1.33 bits per heavy atom. The van der Waals surface area contributed by atoms with Crippen LogP contribution in [0.4, 0.5) is 0 Å². The molecule has 0 aliphatic heterocycles. The van der Waals surface area contributed by atoms with Crippen molar-refractivity contribution in [3.63, 3.8) is 0 Å². The molecule has 0 amide bonds. The minimum atomic E-state index is -3.67. The molecule has 0 saturated heterocycles. The molecule has 1 heterocycles. The third-order valence-corrected chi connectivity index (χ3v) is 4.10. The molecular weight excluding hydrogens is 290 g/mol. The number of H-pyrrole nitrogens is 1. The number of nitrogens with one attached hydrogen (secondary N) is 2. The van der Waals surface area contributed by atoms with E-state index in [0.29, 0.717) is 17.7 Å². The Bertz CT molecular complexity index is 743. The number of hydrogen-bond acceptors (Lipinski definition) is 4. The molecule has 0 spiro atoms. The predicted octanol–water partition coefficient (Wildman–Crippen LogP) is 0.622. The van der Waals surface area contributed by atoms with Crippen LogP contribution in [-0.2, 0) is 16.6 Å². The van der Waals surface area contributed by atoms with E-state index in [1.807, 2.05) is 0 Å². The smallest absolute Gasteiger partial charge is 0.242 e. The van der Waals surface area contributed by atoms with Crippen LogP contribution in [-0.4, -0.2) is 30.1 Å². The van der Waals surface area contributed by atoms with Crippen LogP contribution in [0.3, 0.4) is 0 Å². The average Bonchev–Trinajstić information content (AvgIpc) is 2.99. The second-order valence-corrected chi connectivity index (χ2v) is 5.91. The fourth-order valence-electron chi connectivity index (χ4n) is 1.65. The monoisotopic (exact) mass is 305 g/mol. The first-order chi connectivity index (χ1) is 10.1. The lowest BCUT2D eigenvalue weighted by Gasteiger charge is -2.07. The van der Waals surface area contributed by atoms with E-state index in [2.05, 4.69) is 26.5 Å². The number of sulfonamides is 1. The van der Waals surface area contributed by atoms with Crippen LogP contribution >= 0.6 is 0 Å². The Hall–Kier alpha value is -2.14. The summed E-state index contributed by atoms with van der Waals surface area (Å²) in [5, 5.41) is 8.72. The lowest BCUT2D eigenvalue weighted by molar-refractivity contribution is 0.305. The fraction of sp³-hybridized carbons (Fsp3) is 0.214. The number of imidazole rings is 1. The van der Waals surface area contributed by atoms with Crippen LogP contribution in [0.15, 0.2) is 41.7 Å². The lowest BCUT2D eigenvalue weighted by Crippen LogP contribution is -2.24. The molecule has 0 saturated carbocycles. The molecule has 2 rings (SSSR count). The maximum atomic E-state index is 12.3. The molecule has 0 unspecified atom stereocenters. The number of nitrogens with zero attached hydrogens (tertiary/aromatic N) is 1. The van der Waals surface area contributed by atoms with Gasteiger partial charge in [-0.25, -0.2) is 18.1 Å². The van der Waals surface area contributed by atoms with Crippen LogP contribution in [0.5, 0.6) is 0 Å². The van der Waals surface area contributed by atoms with Gasteiger partial charge in [0.1, 0.15) is 0 Å². The molecule has 2 aromatic rings. The Kier molecular flexibility index (Phi) is 5.11. The Morgan fingerprint density at radius 2 is 2.14 bits per heavy atom. The highest BCUT2D eigenvalue weighted by Gasteiger charge is 2.17. The summed E-state index contributed by atoms with van der Waals surface area (Å²) < 4.78 is 27.1. The first-order valence-corrected chi connectivity index (χ1v) is 7.77. The average molecular weight is 305 g/mol. The van der Waals surface area contributed by atoms with Gasteiger partial charge in [0, 0.05) is 23.9 Å². The van der Waals surface area contributed by atoms with Crippen molar-refractivity contribution >= 4 is 10.0 Å². The number of aliphatic hydroxyl groups excluding tert-OH is 1. The molecule has 0 fully saturated rings. The van der Waals surface area contributed by atoms with E-state index < -0.39 is 10.0 Å². The maximum absolute atomic E-state index is 12.3. The molecule has 7 heteroatoms. The molecule has 3 N–H and O–H groups in total. The Labute approximate surface area is 123 Å². The van der Waals surface area contributed by atoms with E-state index in [4.69, 9.17) is 5.11 Å². The van der Waals surface area contributed by atoms with Crippen LogP contribution < -0.4 is 4.72 Å². The first-order valence-electron chi connectivity index (χ1n) is 6.29. The van der Waals surface area contributed by atoms with Gasteiger partial charge in [0.2, 0.25) is 10.0 Å². The number of aromatic amines is 1. The predicted molar refractivity (Wildman–Crippen MR) is 77.6 cm³/mol. The zero-order chi connectivity index (χ0) is 15.1. The molecule has 0 atom stereocenters. The molecule has 6 nitrogen and oxygen atoms in total. The summed E-state index contributed by atoms with van der Waals surface area (Å²) in [6.45, 7) is 0.0702. The third-order valence-electron chi connectivity index (χ3n) is 2.64. The molecule has 0 aliphatic rings. The van der Waals surface area contributed by atoms with E-state index in [9.17, 15) is 8.42 Å². The molecule has 1 aromatic heterocycles. The van der Waals surface area contributed by atoms with Gasteiger partial charge >= 0.3 is 0 Å². The highest BCUT2D eigenvalue weighted by molar-refractivity contribution is 7.89. The van der Waals surface area contributed by atoms with E-state index in [-0.39, 0.29) is 18.0 Å². The number of aromatic nitrogens is 2. The van der Waals surface area contributed by atoms with Gasteiger partial charge in [0.15, 0.2) is 0 Å². The summed E-state index contributed by atoms with van der Waals surface area (Å²) >= 11 is 0. The molecule has 0 aliphatic carbocycles. The highest BCUT2D eigenvalue weighted by Crippen LogP contribution is 2.14. The molecule has 0 bridgehead atoms. The van der Waals surface area contributed by atoms with Gasteiger partial charge < -0.3 is 10.1 Å². The second-order valence-electron chi connectivity index (χ2n) is 4.17. The van der Waals surface area contributed by atoms with Gasteiger partial charge in [0.25, 0.3) is 0 Å². The number of aliphatic hydroxyl groups is 1. The summed E-state index contributed by atoms with van der Waals surface area (Å²) in [6, 6.07) is 6.49. The standard InChI is InChI=1S/C14H15N3O3S/c18-8-4-3-6-12-5-1-2-7-14(12)21(19,20)17-10-13-9-15-11-16-13/h1-2,5,7,9,11,17-18H,4,8,10H2,(H,15,16). The molecule has 110 valence electrons. The maximum Gasteiger partial charge on any atom is 0.242 e. The van der Waals surface area contributed by atoms with E-state index in [1.165, 1.54) is 12.4 Å². The zero-order valence-corrected chi connectivity index (χ0v) is 12.0. The first kappa shape index (κ1) is 15.3. The molecule has 21 heavy (non-hydrogen) atoms. The number of hydrogen-bond donors (Lipinski definition) is 3. The van der Waals surface area contributed by atoms with Crippen molar-refractivity contribution in [2.45, 2.75) is 17.9 Å². The number of benzene rings is 1. The van der Waals surface area contributed by atoms with E-state index in [1.54, 1.807) is 24.4 Å². The molecule has 1 aromatic carbocycles. The van der Waals surface area contributed by atoms with Crippen molar-refractivity contribution < 1.29 is 13.5 Å². The summed E-state index contributed by atoms with van der Waals surface area (Å²) in [7, 11) is -3.67. The summed E-state index contributed by atoms with van der Waals surface area (Å²) in [6.07, 6.45) is 3.34. The van der Waals surface area contributed by atoms with Crippen molar-refractivity contribution in [3.8, 4) is 11.8 Å². The minimum Gasteiger partial charge on any atom is -0.395 e. The second kappa shape index (κ2) is 7.04. The van der Waals surface area contributed by atoms with Crippen molar-refractivity contribution in [1.82, 2.24) is 14.7 Å². The van der Waals surface area contributed by atoms with Crippen LogP contribution in [0.25, 0.3) is 0 Å². The van der Waals surface area contributed by atoms with Crippen molar-refractivity contribution in [2.75, 3.05) is 6.61 Å². The van der Waals surface area contributed by atoms with Gasteiger partial charge in [-0.2, -0.15) is 0 Å². The van der Waals surface area contributed by atoms with Crippen molar-refractivity contribution in [3.05, 3.63) is 48.0 Å². The largest absolute Gasteiger partial charge is 0.395 e. The van der Waals surface area contributed by atoms with Crippen LogP contribution in [0.1, 0.15) is 17.7 Å². The normalized spacial score (nSPS) is 10.9. The minimum absolute atomic E-state index is 0.0556. The quantitative estimate of drug-likeness (QED) is 0.706. The van der Waals surface area contributed by atoms with Gasteiger partial charge in [-0.1, -0.05) is 24.0 Å². The topological polar surface area (TPSA) is 95.1 Å². The van der Waals surface area contributed by atoms with E-state index >= 15 is 0 Å². The Balaban J connectivity index is 2.21.